The number of rotatable bonds is 4. The van der Waals surface area contributed by atoms with Crippen molar-refractivity contribution in [1.29, 1.82) is 0 Å². The lowest BCUT2D eigenvalue weighted by atomic mass is 9.98. The Labute approximate surface area is 183 Å². The third-order valence-electron chi connectivity index (χ3n) is 4.71. The van der Waals surface area contributed by atoms with Crippen LogP contribution in [0.5, 0.6) is 0 Å². The Morgan fingerprint density at radius 2 is 1.52 bits per heavy atom. The molecule has 1 fully saturated rings. The normalized spacial score (nSPS) is 20.7. The predicted molar refractivity (Wildman–Crippen MR) is 115 cm³/mol. The summed E-state index contributed by atoms with van der Waals surface area (Å²) in [4.78, 5) is 40.1. The second kappa shape index (κ2) is 7.72. The molecular weight excluding hydrogens is 506 g/mol. The Morgan fingerprint density at radius 3 is 2.07 bits per heavy atom. The summed E-state index contributed by atoms with van der Waals surface area (Å²) in [5, 5.41) is 5.75. The summed E-state index contributed by atoms with van der Waals surface area (Å²) in [6.07, 6.45) is 0. The van der Waals surface area contributed by atoms with Crippen molar-refractivity contribution in [3.05, 3.63) is 57.5 Å². The molecule has 2 aromatic carbocycles. The zero-order chi connectivity index (χ0) is 20.7. The van der Waals surface area contributed by atoms with Crippen molar-refractivity contribution in [2.75, 3.05) is 16.5 Å². The Morgan fingerprint density at radius 1 is 0.966 bits per heavy atom. The average Bonchev–Trinajstić information content (AvgIpc) is 3.21. The molecule has 4 rings (SSSR count). The van der Waals surface area contributed by atoms with Crippen LogP contribution in [0.15, 0.2) is 62.6 Å². The van der Waals surface area contributed by atoms with Crippen LogP contribution in [0.3, 0.4) is 0 Å². The van der Waals surface area contributed by atoms with Gasteiger partial charge in [0.25, 0.3) is 5.91 Å². The standard InChI is InChI=1S/C20H15Br2N3O4/c1-2-29-20(28)16-15-17(25(23-16)14-9-5-12(22)6-10-14)19(27)24(18(15)26)13-7-3-11(21)4-8-13/h3-10,15,17H,2H2,1H3/t15-,17-/m1/s1. The lowest BCUT2D eigenvalue weighted by molar-refractivity contribution is -0.136. The maximum absolute atomic E-state index is 13.3. The number of carbonyl (C=O) groups is 3. The van der Waals surface area contributed by atoms with E-state index in [2.05, 4.69) is 37.0 Å². The van der Waals surface area contributed by atoms with Crippen LogP contribution >= 0.6 is 31.9 Å². The van der Waals surface area contributed by atoms with Gasteiger partial charge in [-0.2, -0.15) is 5.10 Å². The van der Waals surface area contributed by atoms with E-state index in [-0.39, 0.29) is 12.3 Å². The van der Waals surface area contributed by atoms with Gasteiger partial charge in [0.15, 0.2) is 5.71 Å². The Bertz CT molecular complexity index is 1020. The fraction of sp³-hybridized carbons (Fsp3) is 0.200. The zero-order valence-corrected chi connectivity index (χ0v) is 18.4. The quantitative estimate of drug-likeness (QED) is 0.455. The number of nitrogens with zero attached hydrogens (tertiary/aromatic N) is 3. The van der Waals surface area contributed by atoms with E-state index in [4.69, 9.17) is 4.74 Å². The number of hydrogen-bond donors (Lipinski definition) is 0. The molecule has 29 heavy (non-hydrogen) atoms. The minimum Gasteiger partial charge on any atom is -0.461 e. The van der Waals surface area contributed by atoms with Gasteiger partial charge in [0, 0.05) is 8.95 Å². The topological polar surface area (TPSA) is 79.3 Å². The first-order valence-corrected chi connectivity index (χ1v) is 10.4. The third kappa shape index (κ3) is 3.38. The van der Waals surface area contributed by atoms with Crippen molar-refractivity contribution >= 4 is 66.7 Å². The summed E-state index contributed by atoms with van der Waals surface area (Å²) in [7, 11) is 0. The molecule has 2 aliphatic rings. The minimum absolute atomic E-state index is 0.0577. The smallest absolute Gasteiger partial charge is 0.355 e. The highest BCUT2D eigenvalue weighted by Gasteiger charge is 2.59. The number of fused-ring (bicyclic) bond motifs is 1. The molecule has 2 amide bonds. The van der Waals surface area contributed by atoms with Crippen LogP contribution < -0.4 is 9.91 Å². The number of amides is 2. The molecule has 9 heteroatoms. The minimum atomic E-state index is -1.02. The number of halogens is 2. The zero-order valence-electron chi connectivity index (χ0n) is 15.2. The highest BCUT2D eigenvalue weighted by molar-refractivity contribution is 9.10. The molecule has 1 saturated heterocycles. The number of hydrazone groups is 1. The van der Waals surface area contributed by atoms with Crippen molar-refractivity contribution in [3.63, 3.8) is 0 Å². The first kappa shape index (κ1) is 19.8. The number of anilines is 2. The van der Waals surface area contributed by atoms with Gasteiger partial charge < -0.3 is 4.74 Å². The summed E-state index contributed by atoms with van der Waals surface area (Å²) in [6.45, 7) is 1.82. The van der Waals surface area contributed by atoms with Crippen molar-refractivity contribution in [3.8, 4) is 0 Å². The summed E-state index contributed by atoms with van der Waals surface area (Å²) in [6, 6.07) is 13.0. The van der Waals surface area contributed by atoms with E-state index >= 15 is 0 Å². The molecule has 0 radical (unpaired) electrons. The number of ether oxygens (including phenoxy) is 1. The molecule has 2 aromatic rings. The van der Waals surface area contributed by atoms with E-state index in [1.807, 2.05) is 0 Å². The number of carbonyl (C=O) groups excluding carboxylic acids is 3. The largest absolute Gasteiger partial charge is 0.461 e. The lowest BCUT2D eigenvalue weighted by Gasteiger charge is -2.22. The predicted octanol–water partition coefficient (Wildman–Crippen LogP) is 3.51. The highest BCUT2D eigenvalue weighted by atomic mass is 79.9. The summed E-state index contributed by atoms with van der Waals surface area (Å²) >= 11 is 6.72. The second-order valence-electron chi connectivity index (χ2n) is 6.44. The number of benzene rings is 2. The molecular formula is C20H15Br2N3O4. The van der Waals surface area contributed by atoms with Gasteiger partial charge in [-0.15, -0.1) is 0 Å². The Hall–Kier alpha value is -2.52. The van der Waals surface area contributed by atoms with Crippen molar-refractivity contribution < 1.29 is 19.1 Å². The van der Waals surface area contributed by atoms with Gasteiger partial charge in [0.05, 0.1) is 18.0 Å². The molecule has 0 saturated carbocycles. The molecule has 148 valence electrons. The van der Waals surface area contributed by atoms with Gasteiger partial charge in [-0.05, 0) is 55.5 Å². The van der Waals surface area contributed by atoms with E-state index in [0.29, 0.717) is 11.4 Å². The van der Waals surface area contributed by atoms with E-state index < -0.39 is 29.7 Å². The molecule has 0 unspecified atom stereocenters. The van der Waals surface area contributed by atoms with Crippen LogP contribution in [0.1, 0.15) is 6.92 Å². The van der Waals surface area contributed by atoms with Crippen LogP contribution in [0.2, 0.25) is 0 Å². The SMILES string of the molecule is CCOC(=O)C1=NN(c2ccc(Br)cc2)[C@H]2C(=O)N(c3ccc(Br)cc3)C(=O)[C@H]12. The molecule has 7 nitrogen and oxygen atoms in total. The average molecular weight is 521 g/mol. The third-order valence-corrected chi connectivity index (χ3v) is 5.77. The summed E-state index contributed by atoms with van der Waals surface area (Å²) < 4.78 is 6.77. The molecule has 0 aromatic heterocycles. The highest BCUT2D eigenvalue weighted by Crippen LogP contribution is 2.38. The van der Waals surface area contributed by atoms with Crippen LogP contribution in [0, 0.1) is 5.92 Å². The van der Waals surface area contributed by atoms with E-state index in [9.17, 15) is 14.4 Å². The first-order chi connectivity index (χ1) is 13.9. The maximum Gasteiger partial charge on any atom is 0.355 e. The molecule has 2 aliphatic heterocycles. The van der Waals surface area contributed by atoms with Gasteiger partial charge in [0.2, 0.25) is 5.91 Å². The van der Waals surface area contributed by atoms with Crippen molar-refractivity contribution in [2.24, 2.45) is 11.0 Å². The Kier molecular flexibility index (Phi) is 5.26. The van der Waals surface area contributed by atoms with Gasteiger partial charge in [-0.3, -0.25) is 14.6 Å². The monoisotopic (exact) mass is 519 g/mol. The molecule has 2 atom stereocenters. The Balaban J connectivity index is 1.78. The maximum atomic E-state index is 13.3. The summed E-state index contributed by atoms with van der Waals surface area (Å²) in [5.74, 6) is -2.64. The van der Waals surface area contributed by atoms with Gasteiger partial charge >= 0.3 is 5.97 Å². The molecule has 0 aliphatic carbocycles. The van der Waals surface area contributed by atoms with Crippen LogP contribution in [0.4, 0.5) is 11.4 Å². The summed E-state index contributed by atoms with van der Waals surface area (Å²) in [5.41, 5.74) is 0.982. The van der Waals surface area contributed by atoms with Crippen molar-refractivity contribution in [1.82, 2.24) is 0 Å². The van der Waals surface area contributed by atoms with Crippen LogP contribution in [-0.2, 0) is 19.1 Å². The van der Waals surface area contributed by atoms with Gasteiger partial charge in [0.1, 0.15) is 12.0 Å². The van der Waals surface area contributed by atoms with Gasteiger partial charge in [-0.1, -0.05) is 31.9 Å². The fourth-order valence-corrected chi connectivity index (χ4v) is 3.97. The van der Waals surface area contributed by atoms with E-state index in [0.717, 1.165) is 13.8 Å². The number of esters is 1. The van der Waals surface area contributed by atoms with Crippen LogP contribution in [-0.4, -0.2) is 36.1 Å². The molecule has 2 heterocycles. The van der Waals surface area contributed by atoms with Gasteiger partial charge in [-0.25, -0.2) is 9.69 Å². The number of hydrogen-bond acceptors (Lipinski definition) is 6. The van der Waals surface area contributed by atoms with Crippen molar-refractivity contribution in [2.45, 2.75) is 13.0 Å². The fourth-order valence-electron chi connectivity index (χ4n) is 3.44. The van der Waals surface area contributed by atoms with Crippen LogP contribution in [0.25, 0.3) is 0 Å². The lowest BCUT2D eigenvalue weighted by Crippen LogP contribution is -2.39. The molecule has 0 spiro atoms. The first-order valence-electron chi connectivity index (χ1n) is 8.86. The second-order valence-corrected chi connectivity index (χ2v) is 8.27. The number of imide groups is 1. The van der Waals surface area contributed by atoms with E-state index in [1.165, 1.54) is 5.01 Å². The molecule has 0 bridgehead atoms. The molecule has 0 N–H and O–H groups in total. The van der Waals surface area contributed by atoms with E-state index in [1.54, 1.807) is 55.5 Å².